The molecule has 2 rings (SSSR count). The van der Waals surface area contributed by atoms with Crippen molar-refractivity contribution in [2.45, 2.75) is 30.2 Å². The van der Waals surface area contributed by atoms with Gasteiger partial charge >= 0.3 is 5.97 Å². The van der Waals surface area contributed by atoms with Crippen molar-refractivity contribution in [3.8, 4) is 6.07 Å². The Balaban J connectivity index is 1.73. The van der Waals surface area contributed by atoms with E-state index in [4.69, 9.17) is 10.00 Å². The zero-order valence-corrected chi connectivity index (χ0v) is 13.5. The highest BCUT2D eigenvalue weighted by Crippen LogP contribution is 2.39. The zero-order valence-electron chi connectivity index (χ0n) is 12.7. The molecule has 1 aliphatic rings. The first-order valence-corrected chi connectivity index (χ1v) is 8.18. The lowest BCUT2D eigenvalue weighted by Gasteiger charge is -2.22. The average Bonchev–Trinajstić information content (AvgIpc) is 3.37. The highest BCUT2D eigenvalue weighted by molar-refractivity contribution is 8.00. The summed E-state index contributed by atoms with van der Waals surface area (Å²) in [6, 6.07) is 8.20. The van der Waals surface area contributed by atoms with Crippen LogP contribution in [0.15, 0.2) is 29.2 Å². The fraction of sp³-hybridized carbons (Fsp3) is 0.438. The molecule has 0 spiro atoms. The van der Waals surface area contributed by atoms with E-state index in [9.17, 15) is 14.0 Å². The molecule has 1 fully saturated rings. The molecule has 1 aliphatic carbocycles. The number of nitrogens with zero attached hydrogens (tertiary/aromatic N) is 1. The monoisotopic (exact) mass is 336 g/mol. The van der Waals surface area contributed by atoms with Crippen molar-refractivity contribution < 1.29 is 18.7 Å². The molecule has 7 heteroatoms. The number of halogens is 1. The maximum atomic E-state index is 13.4. The first kappa shape index (κ1) is 17.3. The van der Waals surface area contributed by atoms with Gasteiger partial charge in [0.25, 0.3) is 5.91 Å². The van der Waals surface area contributed by atoms with E-state index in [1.54, 1.807) is 25.1 Å². The summed E-state index contributed by atoms with van der Waals surface area (Å²) in [5.41, 5.74) is -0.911. The van der Waals surface area contributed by atoms with Crippen LogP contribution in [-0.4, -0.2) is 29.8 Å². The SMILES string of the molecule is C[C@@](C#N)(NC(=O)COC(=O)CSc1ccccc1F)C1CC1. The predicted octanol–water partition coefficient (Wildman–Crippen LogP) is 2.27. The van der Waals surface area contributed by atoms with Gasteiger partial charge in [-0.15, -0.1) is 11.8 Å². The highest BCUT2D eigenvalue weighted by atomic mass is 32.2. The van der Waals surface area contributed by atoms with Crippen LogP contribution in [0, 0.1) is 23.1 Å². The quantitative estimate of drug-likeness (QED) is 0.610. The van der Waals surface area contributed by atoms with Crippen molar-refractivity contribution in [1.29, 1.82) is 5.26 Å². The molecular weight excluding hydrogens is 319 g/mol. The van der Waals surface area contributed by atoms with Crippen LogP contribution in [0.5, 0.6) is 0 Å². The van der Waals surface area contributed by atoms with Crippen molar-refractivity contribution in [3.05, 3.63) is 30.1 Å². The lowest BCUT2D eigenvalue weighted by molar-refractivity contribution is -0.146. The van der Waals surface area contributed by atoms with Crippen molar-refractivity contribution in [1.82, 2.24) is 5.32 Å². The number of nitrogens with one attached hydrogen (secondary N) is 1. The number of thioether (sulfide) groups is 1. The zero-order chi connectivity index (χ0) is 16.9. The van der Waals surface area contributed by atoms with Crippen molar-refractivity contribution in [2.24, 2.45) is 5.92 Å². The van der Waals surface area contributed by atoms with Gasteiger partial charge in [-0.2, -0.15) is 5.26 Å². The lowest BCUT2D eigenvalue weighted by Crippen LogP contribution is -2.48. The maximum Gasteiger partial charge on any atom is 0.316 e. The van der Waals surface area contributed by atoms with Gasteiger partial charge in [-0.1, -0.05) is 12.1 Å². The Morgan fingerprint density at radius 1 is 1.48 bits per heavy atom. The van der Waals surface area contributed by atoms with E-state index in [2.05, 4.69) is 11.4 Å². The van der Waals surface area contributed by atoms with E-state index in [0.717, 1.165) is 24.6 Å². The molecule has 0 radical (unpaired) electrons. The van der Waals surface area contributed by atoms with E-state index in [1.165, 1.54) is 6.07 Å². The topological polar surface area (TPSA) is 79.2 Å². The normalized spacial score (nSPS) is 16.0. The van der Waals surface area contributed by atoms with Gasteiger partial charge in [0.1, 0.15) is 11.4 Å². The van der Waals surface area contributed by atoms with Crippen LogP contribution in [-0.2, 0) is 14.3 Å². The van der Waals surface area contributed by atoms with Gasteiger partial charge in [0.2, 0.25) is 0 Å². The fourth-order valence-electron chi connectivity index (χ4n) is 2.09. The lowest BCUT2D eigenvalue weighted by atomic mass is 9.98. The van der Waals surface area contributed by atoms with Gasteiger partial charge in [0, 0.05) is 4.90 Å². The second kappa shape index (κ2) is 7.47. The molecule has 1 amide bonds. The molecule has 0 saturated heterocycles. The van der Waals surface area contributed by atoms with Crippen LogP contribution in [0.2, 0.25) is 0 Å². The number of hydrogen-bond acceptors (Lipinski definition) is 5. The number of esters is 1. The van der Waals surface area contributed by atoms with Crippen LogP contribution in [0.3, 0.4) is 0 Å². The number of rotatable bonds is 7. The third-order valence-corrected chi connectivity index (χ3v) is 4.59. The number of benzene rings is 1. The van der Waals surface area contributed by atoms with E-state index in [0.29, 0.717) is 4.90 Å². The van der Waals surface area contributed by atoms with Crippen molar-refractivity contribution >= 4 is 23.6 Å². The Kier molecular flexibility index (Phi) is 5.61. The molecule has 1 N–H and O–H groups in total. The molecule has 0 bridgehead atoms. The third kappa shape index (κ3) is 4.96. The van der Waals surface area contributed by atoms with Crippen LogP contribution in [0.25, 0.3) is 0 Å². The summed E-state index contributed by atoms with van der Waals surface area (Å²) in [7, 11) is 0. The minimum atomic E-state index is -0.911. The molecular formula is C16H17FN2O3S. The van der Waals surface area contributed by atoms with Gasteiger partial charge in [-0.05, 0) is 37.8 Å². The summed E-state index contributed by atoms with van der Waals surface area (Å²) in [5.74, 6) is -1.46. The molecule has 1 atom stereocenters. The molecule has 1 aromatic rings. The summed E-state index contributed by atoms with van der Waals surface area (Å²) in [5, 5.41) is 11.7. The van der Waals surface area contributed by atoms with Gasteiger partial charge in [0.05, 0.1) is 11.8 Å². The third-order valence-electron chi connectivity index (χ3n) is 3.57. The maximum absolute atomic E-state index is 13.4. The number of nitriles is 1. The summed E-state index contributed by atoms with van der Waals surface area (Å²) in [4.78, 5) is 23.7. The molecule has 23 heavy (non-hydrogen) atoms. The molecule has 0 unspecified atom stereocenters. The Hall–Kier alpha value is -2.07. The van der Waals surface area contributed by atoms with Crippen LogP contribution in [0.4, 0.5) is 4.39 Å². The molecule has 0 aliphatic heterocycles. The van der Waals surface area contributed by atoms with Gasteiger partial charge < -0.3 is 10.1 Å². The Morgan fingerprint density at radius 2 is 2.17 bits per heavy atom. The summed E-state index contributed by atoms with van der Waals surface area (Å²) in [6.45, 7) is 1.22. The van der Waals surface area contributed by atoms with E-state index < -0.39 is 29.8 Å². The minimum Gasteiger partial charge on any atom is -0.455 e. The summed E-state index contributed by atoms with van der Waals surface area (Å²) < 4.78 is 18.2. The van der Waals surface area contributed by atoms with Gasteiger partial charge in [0.15, 0.2) is 6.61 Å². The fourth-order valence-corrected chi connectivity index (χ4v) is 2.83. The smallest absolute Gasteiger partial charge is 0.316 e. The van der Waals surface area contributed by atoms with Crippen molar-refractivity contribution in [3.63, 3.8) is 0 Å². The van der Waals surface area contributed by atoms with Gasteiger partial charge in [-0.3, -0.25) is 9.59 Å². The number of carbonyl (C=O) groups excluding carboxylic acids is 2. The van der Waals surface area contributed by atoms with E-state index in [1.807, 2.05) is 0 Å². The number of amides is 1. The molecule has 1 saturated carbocycles. The first-order chi connectivity index (χ1) is 10.9. The highest BCUT2D eigenvalue weighted by Gasteiger charge is 2.43. The summed E-state index contributed by atoms with van der Waals surface area (Å²) in [6.07, 6.45) is 1.81. The Bertz CT molecular complexity index is 642. The largest absolute Gasteiger partial charge is 0.455 e. The standard InChI is InChI=1S/C16H17FN2O3S/c1-16(10-18,11-6-7-11)19-14(20)8-22-15(21)9-23-13-5-3-2-4-12(13)17/h2-5,11H,6-9H2,1H3,(H,19,20)/t16-/m0/s1. The first-order valence-electron chi connectivity index (χ1n) is 7.20. The second-order valence-electron chi connectivity index (χ2n) is 5.52. The number of hydrogen-bond donors (Lipinski definition) is 1. The van der Waals surface area contributed by atoms with E-state index >= 15 is 0 Å². The average molecular weight is 336 g/mol. The Morgan fingerprint density at radius 3 is 2.78 bits per heavy atom. The molecule has 0 heterocycles. The Labute approximate surface area is 138 Å². The number of carbonyl (C=O) groups is 2. The molecule has 122 valence electrons. The second-order valence-corrected chi connectivity index (χ2v) is 6.53. The molecule has 0 aromatic heterocycles. The summed E-state index contributed by atoms with van der Waals surface area (Å²) >= 11 is 1.01. The molecule has 1 aromatic carbocycles. The minimum absolute atomic E-state index is 0.0909. The van der Waals surface area contributed by atoms with Crippen molar-refractivity contribution in [2.75, 3.05) is 12.4 Å². The van der Waals surface area contributed by atoms with Crippen LogP contribution in [0.1, 0.15) is 19.8 Å². The van der Waals surface area contributed by atoms with E-state index in [-0.39, 0.29) is 11.7 Å². The van der Waals surface area contributed by atoms with Crippen LogP contribution >= 0.6 is 11.8 Å². The predicted molar refractivity (Wildman–Crippen MR) is 83.0 cm³/mol. The van der Waals surface area contributed by atoms with Gasteiger partial charge in [-0.25, -0.2) is 4.39 Å². The molecule has 5 nitrogen and oxygen atoms in total. The van der Waals surface area contributed by atoms with Crippen LogP contribution < -0.4 is 5.32 Å². The number of ether oxygens (including phenoxy) is 1.